The molecule has 2 aliphatic heterocycles. The van der Waals surface area contributed by atoms with Crippen LogP contribution in [0.5, 0.6) is 0 Å². The zero-order valence-corrected chi connectivity index (χ0v) is 9.88. The van der Waals surface area contributed by atoms with Gasteiger partial charge in [0.1, 0.15) is 0 Å². The van der Waals surface area contributed by atoms with Crippen LogP contribution in [0.4, 0.5) is 0 Å². The van der Waals surface area contributed by atoms with Crippen molar-refractivity contribution < 1.29 is 4.74 Å². The van der Waals surface area contributed by atoms with E-state index in [4.69, 9.17) is 4.74 Å². The van der Waals surface area contributed by atoms with Crippen LogP contribution in [-0.2, 0) is 4.74 Å². The van der Waals surface area contributed by atoms with E-state index >= 15 is 0 Å². The van der Waals surface area contributed by atoms with E-state index in [0.29, 0.717) is 6.10 Å². The molecule has 4 nitrogen and oxygen atoms in total. The Morgan fingerprint density at radius 3 is 3.13 bits per heavy atom. The third-order valence-corrected chi connectivity index (χ3v) is 3.47. The summed E-state index contributed by atoms with van der Waals surface area (Å²) < 4.78 is 5.73. The molecule has 0 aromatic heterocycles. The summed E-state index contributed by atoms with van der Waals surface area (Å²) in [6, 6.07) is 0. The van der Waals surface area contributed by atoms with Crippen LogP contribution in [0.2, 0.25) is 0 Å². The topological polar surface area (TPSA) is 36.5 Å². The minimum Gasteiger partial charge on any atom is -0.374 e. The van der Waals surface area contributed by atoms with Gasteiger partial charge in [-0.2, -0.15) is 0 Å². The van der Waals surface area contributed by atoms with Gasteiger partial charge in [-0.1, -0.05) is 0 Å². The highest BCUT2D eigenvalue weighted by Crippen LogP contribution is 2.13. The van der Waals surface area contributed by atoms with Gasteiger partial charge in [-0.15, -0.1) is 0 Å². The number of morpholine rings is 1. The normalized spacial score (nSPS) is 38.4. The molecule has 0 radical (unpaired) electrons. The van der Waals surface area contributed by atoms with Crippen LogP contribution in [0.3, 0.4) is 0 Å². The van der Waals surface area contributed by atoms with Crippen molar-refractivity contribution in [3.05, 3.63) is 0 Å². The lowest BCUT2D eigenvalue weighted by Crippen LogP contribution is -2.51. The zero-order valence-electron chi connectivity index (χ0n) is 9.88. The van der Waals surface area contributed by atoms with Crippen LogP contribution in [0, 0.1) is 0 Å². The number of hydrogen-bond acceptors (Lipinski definition) is 4. The highest BCUT2D eigenvalue weighted by Gasteiger charge is 2.29. The summed E-state index contributed by atoms with van der Waals surface area (Å²) in [5, 5.41) is 7.03. The van der Waals surface area contributed by atoms with Crippen molar-refractivity contribution in [3.8, 4) is 0 Å². The van der Waals surface area contributed by atoms with E-state index in [1.165, 1.54) is 6.42 Å². The van der Waals surface area contributed by atoms with Gasteiger partial charge in [0.05, 0.1) is 12.7 Å². The maximum atomic E-state index is 5.73. The molecule has 0 bridgehead atoms. The summed E-state index contributed by atoms with van der Waals surface area (Å²) in [7, 11) is 2.16. The molecule has 0 saturated carbocycles. The first-order valence-electron chi connectivity index (χ1n) is 5.94. The maximum absolute atomic E-state index is 5.73. The third kappa shape index (κ3) is 3.14. The highest BCUT2D eigenvalue weighted by atomic mass is 16.5. The van der Waals surface area contributed by atoms with E-state index in [0.717, 1.165) is 39.3 Å². The third-order valence-electron chi connectivity index (χ3n) is 3.47. The first-order valence-corrected chi connectivity index (χ1v) is 5.94. The molecule has 2 saturated heterocycles. The van der Waals surface area contributed by atoms with Crippen LogP contribution >= 0.6 is 0 Å². The summed E-state index contributed by atoms with van der Waals surface area (Å²) in [5.41, 5.74) is 0.277. The van der Waals surface area contributed by atoms with Crippen molar-refractivity contribution in [1.29, 1.82) is 0 Å². The van der Waals surface area contributed by atoms with Crippen LogP contribution in [0.1, 0.15) is 13.3 Å². The molecule has 2 atom stereocenters. The fourth-order valence-corrected chi connectivity index (χ4v) is 2.32. The smallest absolute Gasteiger partial charge is 0.0826 e. The molecule has 4 heteroatoms. The van der Waals surface area contributed by atoms with Crippen molar-refractivity contribution in [1.82, 2.24) is 15.5 Å². The van der Waals surface area contributed by atoms with E-state index in [2.05, 4.69) is 29.5 Å². The van der Waals surface area contributed by atoms with Gasteiger partial charge >= 0.3 is 0 Å². The maximum Gasteiger partial charge on any atom is 0.0826 e. The van der Waals surface area contributed by atoms with Crippen molar-refractivity contribution in [2.24, 2.45) is 0 Å². The molecule has 0 aromatic rings. The van der Waals surface area contributed by atoms with Crippen LogP contribution in [-0.4, -0.2) is 62.9 Å². The Kier molecular flexibility index (Phi) is 3.61. The molecule has 0 spiro atoms. The van der Waals surface area contributed by atoms with Gasteiger partial charge in [0.2, 0.25) is 0 Å². The molecule has 2 fully saturated rings. The largest absolute Gasteiger partial charge is 0.374 e. The Morgan fingerprint density at radius 1 is 1.60 bits per heavy atom. The molecule has 0 aromatic carbocycles. The number of nitrogens with one attached hydrogen (secondary N) is 2. The lowest BCUT2D eigenvalue weighted by atomic mass is 10.0. The van der Waals surface area contributed by atoms with Crippen LogP contribution in [0.25, 0.3) is 0 Å². The second-order valence-electron chi connectivity index (χ2n) is 5.12. The monoisotopic (exact) mass is 213 g/mol. The van der Waals surface area contributed by atoms with Gasteiger partial charge in [0.25, 0.3) is 0 Å². The molecular weight excluding hydrogens is 190 g/mol. The molecule has 2 rings (SSSR count). The predicted octanol–water partition coefficient (Wildman–Crippen LogP) is -0.341. The first kappa shape index (κ1) is 11.3. The van der Waals surface area contributed by atoms with Crippen LogP contribution in [0.15, 0.2) is 0 Å². The second-order valence-corrected chi connectivity index (χ2v) is 5.12. The van der Waals surface area contributed by atoms with Gasteiger partial charge in [0, 0.05) is 31.7 Å². The number of rotatable bonds is 3. The van der Waals surface area contributed by atoms with E-state index in [-0.39, 0.29) is 5.54 Å². The first-order chi connectivity index (χ1) is 7.18. The highest BCUT2D eigenvalue weighted by molar-refractivity contribution is 4.92. The van der Waals surface area contributed by atoms with E-state index in [1.807, 2.05) is 0 Å². The minimum atomic E-state index is 0.277. The van der Waals surface area contributed by atoms with Crippen molar-refractivity contribution >= 4 is 0 Å². The fraction of sp³-hybridized carbons (Fsp3) is 1.00. The number of ether oxygens (including phenoxy) is 1. The van der Waals surface area contributed by atoms with Crippen molar-refractivity contribution in [2.75, 3.05) is 46.4 Å². The number of hydrogen-bond donors (Lipinski definition) is 2. The molecule has 2 unspecified atom stereocenters. The summed E-state index contributed by atoms with van der Waals surface area (Å²) in [4.78, 5) is 2.34. The average Bonchev–Trinajstić information content (AvgIpc) is 2.63. The Morgan fingerprint density at radius 2 is 2.47 bits per heavy atom. The van der Waals surface area contributed by atoms with Gasteiger partial charge in [-0.05, 0) is 26.9 Å². The lowest BCUT2D eigenvalue weighted by Gasteiger charge is -2.33. The average molecular weight is 213 g/mol. The van der Waals surface area contributed by atoms with Gasteiger partial charge in [-0.25, -0.2) is 0 Å². The molecule has 0 aliphatic carbocycles. The predicted molar refractivity (Wildman–Crippen MR) is 61.1 cm³/mol. The number of nitrogens with zero attached hydrogens (tertiary/aromatic N) is 1. The van der Waals surface area contributed by atoms with E-state index in [9.17, 15) is 0 Å². The van der Waals surface area contributed by atoms with Gasteiger partial charge in [0.15, 0.2) is 0 Å². The second kappa shape index (κ2) is 4.78. The van der Waals surface area contributed by atoms with Crippen LogP contribution < -0.4 is 10.6 Å². The lowest BCUT2D eigenvalue weighted by molar-refractivity contribution is -0.0209. The molecule has 2 aliphatic rings. The summed E-state index contributed by atoms with van der Waals surface area (Å²) in [6.07, 6.45) is 1.58. The standard InChI is InChI=1S/C11H23N3O/c1-11(3-4-12-9-11)13-7-10-8-14(2)5-6-15-10/h10,12-13H,3-9H2,1-2H3. The zero-order chi connectivity index (χ0) is 10.7. The fourth-order valence-electron chi connectivity index (χ4n) is 2.32. The van der Waals surface area contributed by atoms with Crippen molar-refractivity contribution in [3.63, 3.8) is 0 Å². The molecular formula is C11H23N3O. The molecule has 15 heavy (non-hydrogen) atoms. The summed E-state index contributed by atoms with van der Waals surface area (Å²) >= 11 is 0. The Labute approximate surface area is 92.4 Å². The molecule has 2 N–H and O–H groups in total. The summed E-state index contributed by atoms with van der Waals surface area (Å²) in [6.45, 7) is 8.47. The van der Waals surface area contributed by atoms with Gasteiger partial charge in [-0.3, -0.25) is 0 Å². The Balaban J connectivity index is 1.72. The molecule has 88 valence electrons. The van der Waals surface area contributed by atoms with Crippen molar-refractivity contribution in [2.45, 2.75) is 25.0 Å². The van der Waals surface area contributed by atoms with E-state index < -0.39 is 0 Å². The SMILES string of the molecule is CN1CCOC(CNC2(C)CCNC2)C1. The Hall–Kier alpha value is -0.160. The molecule has 0 amide bonds. The van der Waals surface area contributed by atoms with Gasteiger partial charge < -0.3 is 20.3 Å². The molecule has 2 heterocycles. The quantitative estimate of drug-likeness (QED) is 0.672. The van der Waals surface area contributed by atoms with E-state index in [1.54, 1.807) is 0 Å². The minimum absolute atomic E-state index is 0.277. The summed E-state index contributed by atoms with van der Waals surface area (Å²) in [5.74, 6) is 0. The number of likely N-dealkylation sites (N-methyl/N-ethyl adjacent to an activating group) is 1. The Bertz CT molecular complexity index is 204.